The van der Waals surface area contributed by atoms with E-state index in [4.69, 9.17) is 4.74 Å². The van der Waals surface area contributed by atoms with Gasteiger partial charge in [-0.05, 0) is 60.4 Å². The highest BCUT2D eigenvalue weighted by Crippen LogP contribution is 2.38. The van der Waals surface area contributed by atoms with Crippen LogP contribution in [0.1, 0.15) is 46.3 Å². The summed E-state index contributed by atoms with van der Waals surface area (Å²) in [6.07, 6.45) is -4.90. The molecule has 16 heteroatoms. The normalized spacial score (nSPS) is 18.3. The first kappa shape index (κ1) is 33.8. The van der Waals surface area contributed by atoms with Crippen molar-refractivity contribution in [2.75, 3.05) is 19.6 Å². The molecule has 2 N–H and O–H groups in total. The maximum absolute atomic E-state index is 15.7. The van der Waals surface area contributed by atoms with Gasteiger partial charge in [-0.3, -0.25) is 28.5 Å². The Bertz CT molecular complexity index is 2020. The zero-order chi connectivity index (χ0) is 35.4. The van der Waals surface area contributed by atoms with E-state index in [1.54, 1.807) is 18.1 Å². The molecule has 2 aliphatic heterocycles. The summed E-state index contributed by atoms with van der Waals surface area (Å²) in [6.45, 7) is 1.46. The number of carboxylic acids is 1. The molecule has 1 fully saturated rings. The van der Waals surface area contributed by atoms with Crippen molar-refractivity contribution in [3.8, 4) is 22.8 Å². The van der Waals surface area contributed by atoms with Crippen LogP contribution in [0.15, 0.2) is 53.6 Å². The standard InChI is InChI=1S/C33H29F6N5O5/c1-16-7-18-8-22(29(16)36)26(11-28(46)47)40-31(48)30(21-9-20(3-4-25(21)35)49-32-23(18)15-42(2)41-32)44-12-17(5-6-43-13-19(34)14-43)24(10-27(44)45)33(37,38)39/h3-4,7-10,12,15,19,26,30H,5-6,11,13-14H2,1-2H3,(H,40,48)(H,46,47)/t26-,30-/m1/s1. The van der Waals surface area contributed by atoms with E-state index in [1.807, 2.05) is 0 Å². The first-order valence-corrected chi connectivity index (χ1v) is 15.1. The van der Waals surface area contributed by atoms with Gasteiger partial charge in [0.05, 0.1) is 23.6 Å². The molecular formula is C33H29F6N5O5. The molecule has 0 unspecified atom stereocenters. The average molecular weight is 690 g/mol. The quantitative estimate of drug-likeness (QED) is 0.271. The summed E-state index contributed by atoms with van der Waals surface area (Å²) in [4.78, 5) is 41.2. The number of hydrogen-bond acceptors (Lipinski definition) is 6. The van der Waals surface area contributed by atoms with Gasteiger partial charge in [0.25, 0.3) is 5.56 Å². The molecule has 10 nitrogen and oxygen atoms in total. The maximum atomic E-state index is 15.7. The highest BCUT2D eigenvalue weighted by atomic mass is 19.4. The molecule has 0 radical (unpaired) electrons. The van der Waals surface area contributed by atoms with Crippen LogP contribution in [0.4, 0.5) is 26.3 Å². The zero-order valence-electron chi connectivity index (χ0n) is 26.0. The van der Waals surface area contributed by atoms with E-state index in [0.29, 0.717) is 15.7 Å². The summed E-state index contributed by atoms with van der Waals surface area (Å²) in [6, 6.07) is 2.69. The van der Waals surface area contributed by atoms with Crippen molar-refractivity contribution in [2.45, 2.75) is 44.2 Å². The summed E-state index contributed by atoms with van der Waals surface area (Å²) in [7, 11) is 1.59. The van der Waals surface area contributed by atoms with Crippen LogP contribution in [0.25, 0.3) is 11.1 Å². The van der Waals surface area contributed by atoms with Crippen LogP contribution in [0.3, 0.4) is 0 Å². The number of likely N-dealkylation sites (tertiary alicyclic amines) is 1. The van der Waals surface area contributed by atoms with Crippen LogP contribution in [0.5, 0.6) is 11.6 Å². The SMILES string of the molecule is Cc1cc2cc(c1F)[C@@H](CC(=O)O)NC(=O)[C@H](n1cc(CCN3CC(F)C3)c(C(F)(F)F)cc1=O)c1cc(ccc1F)Oc1nn(C)cc1-2. The Balaban J connectivity index is 1.56. The predicted octanol–water partition coefficient (Wildman–Crippen LogP) is 5.08. The van der Waals surface area contributed by atoms with Crippen molar-refractivity contribution in [2.24, 2.45) is 7.05 Å². The van der Waals surface area contributed by atoms with Crippen LogP contribution < -0.4 is 15.6 Å². The van der Waals surface area contributed by atoms with Gasteiger partial charge in [0.2, 0.25) is 11.8 Å². The van der Waals surface area contributed by atoms with Gasteiger partial charge in [-0.1, -0.05) is 0 Å². The van der Waals surface area contributed by atoms with Crippen LogP contribution in [-0.4, -0.2) is 62.0 Å². The van der Waals surface area contributed by atoms with Crippen molar-refractivity contribution < 1.29 is 45.8 Å². The number of alkyl halides is 4. The van der Waals surface area contributed by atoms with Gasteiger partial charge in [-0.15, -0.1) is 5.10 Å². The molecule has 1 saturated heterocycles. The summed E-state index contributed by atoms with van der Waals surface area (Å²) >= 11 is 0. The molecule has 4 aromatic rings. The number of nitrogens with zero attached hydrogens (tertiary/aromatic N) is 4. The molecule has 2 aromatic heterocycles. The molecule has 4 bridgehead atoms. The van der Waals surface area contributed by atoms with Crippen molar-refractivity contribution in [3.63, 3.8) is 0 Å². The van der Waals surface area contributed by atoms with Gasteiger partial charge in [0.15, 0.2) is 0 Å². The summed E-state index contributed by atoms with van der Waals surface area (Å²) in [5.41, 5.74) is -3.03. The fraction of sp³-hybridized carbons (Fsp3) is 0.333. The van der Waals surface area contributed by atoms with E-state index in [0.717, 1.165) is 18.3 Å². The third-order valence-corrected chi connectivity index (χ3v) is 8.54. The molecule has 258 valence electrons. The first-order valence-electron chi connectivity index (χ1n) is 15.1. The van der Waals surface area contributed by atoms with Gasteiger partial charge in [0.1, 0.15) is 29.6 Å². The number of aryl methyl sites for hydroxylation is 2. The average Bonchev–Trinajstić information content (AvgIpc) is 3.36. The fourth-order valence-corrected chi connectivity index (χ4v) is 6.16. The second-order valence-corrected chi connectivity index (χ2v) is 12.1. The smallest absolute Gasteiger partial charge is 0.416 e. The number of benzene rings is 2. The summed E-state index contributed by atoms with van der Waals surface area (Å²) in [5.74, 6) is -4.64. The summed E-state index contributed by atoms with van der Waals surface area (Å²) < 4.78 is 95.3. The molecule has 0 aliphatic carbocycles. The largest absolute Gasteiger partial charge is 0.481 e. The number of fused-ring (bicyclic) bond motifs is 6. The van der Waals surface area contributed by atoms with E-state index < -0.39 is 76.6 Å². The molecule has 2 atom stereocenters. The van der Waals surface area contributed by atoms with E-state index in [2.05, 4.69) is 10.4 Å². The Hall–Kier alpha value is -5.12. The van der Waals surface area contributed by atoms with Crippen LogP contribution >= 0.6 is 0 Å². The molecule has 49 heavy (non-hydrogen) atoms. The number of aliphatic carboxylic acids is 1. The van der Waals surface area contributed by atoms with Crippen LogP contribution in [0.2, 0.25) is 0 Å². The lowest BCUT2D eigenvalue weighted by molar-refractivity contribution is -0.139. The number of hydrogen-bond donors (Lipinski definition) is 2. The van der Waals surface area contributed by atoms with Gasteiger partial charge in [0, 0.05) is 56.3 Å². The lowest BCUT2D eigenvalue weighted by atomic mass is 9.94. The Morgan fingerprint density at radius 3 is 2.49 bits per heavy atom. The molecule has 2 aliphatic rings. The van der Waals surface area contributed by atoms with E-state index in [9.17, 15) is 37.1 Å². The fourth-order valence-electron chi connectivity index (χ4n) is 6.16. The third-order valence-electron chi connectivity index (χ3n) is 8.54. The van der Waals surface area contributed by atoms with Gasteiger partial charge < -0.3 is 15.2 Å². The number of halogens is 6. The van der Waals surface area contributed by atoms with Crippen LogP contribution in [-0.2, 0) is 29.2 Å². The Labute approximate surface area is 274 Å². The summed E-state index contributed by atoms with van der Waals surface area (Å²) in [5, 5.41) is 16.5. The van der Waals surface area contributed by atoms with Gasteiger partial charge in [-0.25, -0.2) is 13.2 Å². The second kappa shape index (κ2) is 12.7. The Morgan fingerprint density at radius 1 is 1.08 bits per heavy atom. The van der Waals surface area contributed by atoms with Gasteiger partial charge >= 0.3 is 12.1 Å². The number of carbonyl (C=O) groups excluding carboxylic acids is 1. The van der Waals surface area contributed by atoms with Crippen molar-refractivity contribution in [3.05, 3.63) is 98.6 Å². The first-order chi connectivity index (χ1) is 23.1. The van der Waals surface area contributed by atoms with Crippen molar-refractivity contribution >= 4 is 11.9 Å². The third kappa shape index (κ3) is 6.77. The molecule has 2 aromatic carbocycles. The Morgan fingerprint density at radius 2 is 1.82 bits per heavy atom. The Kier molecular flexibility index (Phi) is 8.77. The minimum absolute atomic E-state index is 0.00167. The van der Waals surface area contributed by atoms with E-state index in [-0.39, 0.29) is 54.9 Å². The number of nitrogens with one attached hydrogen (secondary N) is 1. The highest BCUT2D eigenvalue weighted by molar-refractivity contribution is 5.85. The van der Waals surface area contributed by atoms with Gasteiger partial charge in [-0.2, -0.15) is 13.2 Å². The van der Waals surface area contributed by atoms with E-state index in [1.165, 1.54) is 29.8 Å². The maximum Gasteiger partial charge on any atom is 0.416 e. The minimum atomic E-state index is -4.98. The molecular weight excluding hydrogens is 660 g/mol. The second-order valence-electron chi connectivity index (χ2n) is 12.1. The number of rotatable bonds is 6. The molecule has 1 amide bonds. The van der Waals surface area contributed by atoms with Crippen molar-refractivity contribution in [1.29, 1.82) is 0 Å². The van der Waals surface area contributed by atoms with Crippen molar-refractivity contribution in [1.82, 2.24) is 24.6 Å². The van der Waals surface area contributed by atoms with E-state index >= 15 is 8.78 Å². The number of aromatic nitrogens is 3. The lowest BCUT2D eigenvalue weighted by Crippen LogP contribution is -2.49. The highest BCUT2D eigenvalue weighted by Gasteiger charge is 2.38. The lowest BCUT2D eigenvalue weighted by Gasteiger charge is -2.34. The predicted molar refractivity (Wildman–Crippen MR) is 162 cm³/mol. The number of amides is 1. The van der Waals surface area contributed by atoms with Crippen LogP contribution in [0, 0.1) is 18.6 Å². The topological polar surface area (TPSA) is 119 Å². The molecule has 4 heterocycles. The molecule has 0 spiro atoms. The zero-order valence-corrected chi connectivity index (χ0v) is 26.0. The monoisotopic (exact) mass is 689 g/mol. The number of carbonyl (C=O) groups is 2. The number of ether oxygens (including phenoxy) is 1. The number of pyridine rings is 1. The molecule has 0 saturated carbocycles. The molecule has 6 rings (SSSR count). The minimum Gasteiger partial charge on any atom is -0.481 e. The number of carboxylic acid groups (broad SMARTS) is 1.